The highest BCUT2D eigenvalue weighted by Crippen LogP contribution is 2.40. The summed E-state index contributed by atoms with van der Waals surface area (Å²) in [5.74, 6) is 0.674. The Labute approximate surface area is 299 Å². The molecule has 0 amide bonds. The molecule has 52 heavy (non-hydrogen) atoms. The normalized spacial score (nSPS) is 11.8. The van der Waals surface area contributed by atoms with Crippen LogP contribution in [0, 0.1) is 0 Å². The molecule has 11 rings (SSSR count). The molecule has 4 heteroatoms. The molecule has 0 radical (unpaired) electrons. The first kappa shape index (κ1) is 28.8. The third-order valence-electron chi connectivity index (χ3n) is 10.6. The van der Waals surface area contributed by atoms with Crippen LogP contribution >= 0.6 is 0 Å². The number of para-hydroxylation sites is 2. The summed E-state index contributed by atoms with van der Waals surface area (Å²) < 4.78 is 4.60. The van der Waals surface area contributed by atoms with Crippen molar-refractivity contribution in [3.8, 4) is 33.9 Å². The molecule has 0 N–H and O–H groups in total. The fourth-order valence-corrected chi connectivity index (χ4v) is 8.12. The van der Waals surface area contributed by atoms with E-state index in [0.717, 1.165) is 27.6 Å². The van der Waals surface area contributed by atoms with Gasteiger partial charge in [0.2, 0.25) is 5.95 Å². The Morgan fingerprint density at radius 3 is 1.79 bits per heavy atom. The van der Waals surface area contributed by atoms with Crippen molar-refractivity contribution in [3.05, 3.63) is 182 Å². The number of hydrogen-bond acceptors (Lipinski definition) is 2. The van der Waals surface area contributed by atoms with Crippen LogP contribution in [0.2, 0.25) is 0 Å². The Balaban J connectivity index is 1.10. The largest absolute Gasteiger partial charge is 0.309 e. The molecule has 242 valence electrons. The van der Waals surface area contributed by atoms with Gasteiger partial charge >= 0.3 is 0 Å². The van der Waals surface area contributed by atoms with Crippen LogP contribution in [0.5, 0.6) is 0 Å². The van der Waals surface area contributed by atoms with Crippen LogP contribution in [0.25, 0.3) is 99.2 Å². The highest BCUT2D eigenvalue weighted by Gasteiger charge is 2.19. The number of hydrogen-bond donors (Lipinski definition) is 0. The van der Waals surface area contributed by atoms with Gasteiger partial charge in [-0.25, -0.2) is 9.97 Å². The van der Waals surface area contributed by atoms with E-state index >= 15 is 0 Å². The Hall–Kier alpha value is -7.04. The van der Waals surface area contributed by atoms with Crippen LogP contribution in [0.15, 0.2) is 182 Å². The van der Waals surface area contributed by atoms with Crippen molar-refractivity contribution in [2.75, 3.05) is 0 Å². The van der Waals surface area contributed by atoms with Crippen LogP contribution in [-0.4, -0.2) is 19.1 Å². The average Bonchev–Trinajstić information content (AvgIpc) is 3.73. The Morgan fingerprint density at radius 1 is 0.365 bits per heavy atom. The first-order chi connectivity index (χ1) is 25.8. The van der Waals surface area contributed by atoms with Crippen molar-refractivity contribution in [2.45, 2.75) is 0 Å². The summed E-state index contributed by atoms with van der Waals surface area (Å²) in [6, 6.07) is 63.1. The zero-order valence-corrected chi connectivity index (χ0v) is 28.1. The SMILES string of the molecule is c1ccc(-c2ccc(-n3c4ccccc4c4cc(-c5ccc6c(c5)c5c7ccccc7ccc5n6-c5ncc6ccccc6n5)ccc43)cc2)cc1. The topological polar surface area (TPSA) is 35.6 Å². The summed E-state index contributed by atoms with van der Waals surface area (Å²) in [7, 11) is 0. The van der Waals surface area contributed by atoms with Crippen LogP contribution in [0.1, 0.15) is 0 Å². The van der Waals surface area contributed by atoms with Gasteiger partial charge in [0.1, 0.15) is 0 Å². The lowest BCUT2D eigenvalue weighted by atomic mass is 9.99. The van der Waals surface area contributed by atoms with E-state index in [9.17, 15) is 0 Å². The molecule has 0 saturated heterocycles. The minimum Gasteiger partial charge on any atom is -0.309 e. The van der Waals surface area contributed by atoms with Gasteiger partial charge in [0.05, 0.1) is 27.6 Å². The molecule has 0 unspecified atom stereocenters. The zero-order valence-electron chi connectivity index (χ0n) is 28.1. The molecule has 0 saturated carbocycles. The molecule has 0 atom stereocenters. The van der Waals surface area contributed by atoms with Gasteiger partial charge in [-0.15, -0.1) is 0 Å². The molecule has 3 aromatic heterocycles. The number of rotatable bonds is 4. The number of aromatic nitrogens is 4. The van der Waals surface area contributed by atoms with E-state index in [1.54, 1.807) is 0 Å². The number of benzene rings is 8. The monoisotopic (exact) mass is 662 g/mol. The minimum atomic E-state index is 0.674. The Kier molecular flexibility index (Phi) is 6.22. The molecule has 0 bridgehead atoms. The van der Waals surface area contributed by atoms with Gasteiger partial charge in [-0.1, -0.05) is 121 Å². The summed E-state index contributed by atoms with van der Waals surface area (Å²) in [4.78, 5) is 9.91. The third kappa shape index (κ3) is 4.34. The molecule has 8 aromatic carbocycles. The molecular weight excluding hydrogens is 633 g/mol. The van der Waals surface area contributed by atoms with E-state index in [1.807, 2.05) is 18.3 Å². The van der Waals surface area contributed by atoms with Gasteiger partial charge in [-0.3, -0.25) is 4.57 Å². The van der Waals surface area contributed by atoms with E-state index < -0.39 is 0 Å². The van der Waals surface area contributed by atoms with E-state index in [2.05, 4.69) is 173 Å². The molecule has 0 aliphatic carbocycles. The van der Waals surface area contributed by atoms with Crippen molar-refractivity contribution in [1.82, 2.24) is 19.1 Å². The van der Waals surface area contributed by atoms with Crippen molar-refractivity contribution < 1.29 is 0 Å². The molecule has 0 aliphatic rings. The van der Waals surface area contributed by atoms with Gasteiger partial charge in [-0.05, 0) is 87.6 Å². The maximum atomic E-state index is 5.04. The lowest BCUT2D eigenvalue weighted by Crippen LogP contribution is -2.00. The smallest absolute Gasteiger partial charge is 0.235 e. The molecule has 0 fully saturated rings. The van der Waals surface area contributed by atoms with Gasteiger partial charge in [0.15, 0.2) is 0 Å². The second kappa shape index (κ2) is 11.2. The lowest BCUT2D eigenvalue weighted by molar-refractivity contribution is 1.01. The van der Waals surface area contributed by atoms with Gasteiger partial charge in [0, 0.05) is 38.8 Å². The predicted molar refractivity (Wildman–Crippen MR) is 217 cm³/mol. The van der Waals surface area contributed by atoms with E-state index in [0.29, 0.717) is 5.95 Å². The van der Waals surface area contributed by atoms with Crippen LogP contribution in [0.3, 0.4) is 0 Å². The number of nitrogens with zero attached hydrogens (tertiary/aromatic N) is 4. The van der Waals surface area contributed by atoms with E-state index in [-0.39, 0.29) is 0 Å². The molecule has 3 heterocycles. The third-order valence-corrected chi connectivity index (χ3v) is 10.6. The van der Waals surface area contributed by atoms with Crippen LogP contribution in [0.4, 0.5) is 0 Å². The summed E-state index contributed by atoms with van der Waals surface area (Å²) in [6.07, 6.45) is 1.92. The predicted octanol–water partition coefficient (Wildman–Crippen LogP) is 12.3. The summed E-state index contributed by atoms with van der Waals surface area (Å²) in [5.41, 5.74) is 11.4. The highest BCUT2D eigenvalue weighted by molar-refractivity contribution is 6.22. The zero-order chi connectivity index (χ0) is 34.2. The molecule has 11 aromatic rings. The quantitative estimate of drug-likeness (QED) is 0.188. The fourth-order valence-electron chi connectivity index (χ4n) is 8.12. The fraction of sp³-hybridized carbons (Fsp3) is 0. The molecular formula is C48H30N4. The highest BCUT2D eigenvalue weighted by atomic mass is 15.2. The standard InChI is InChI=1S/C48H30N4/c1-2-10-31(11-3-1)32-18-23-37(24-19-32)51-43-17-9-7-15-39(43)40-28-34(21-25-44(40)51)35-22-26-45-41(29-35)47-38-14-6-4-12-33(38)20-27-46(47)52(45)48-49-30-36-13-5-8-16-42(36)50-48/h1-30H. The molecule has 4 nitrogen and oxygen atoms in total. The maximum absolute atomic E-state index is 5.04. The van der Waals surface area contributed by atoms with E-state index in [4.69, 9.17) is 9.97 Å². The average molecular weight is 663 g/mol. The lowest BCUT2D eigenvalue weighted by Gasteiger charge is -2.10. The van der Waals surface area contributed by atoms with Crippen molar-refractivity contribution in [1.29, 1.82) is 0 Å². The van der Waals surface area contributed by atoms with Crippen molar-refractivity contribution in [3.63, 3.8) is 0 Å². The Morgan fingerprint density at radius 2 is 0.962 bits per heavy atom. The first-order valence-electron chi connectivity index (χ1n) is 17.7. The van der Waals surface area contributed by atoms with Gasteiger partial charge in [0.25, 0.3) is 0 Å². The van der Waals surface area contributed by atoms with Crippen LogP contribution in [-0.2, 0) is 0 Å². The molecule has 0 aliphatic heterocycles. The molecule has 0 spiro atoms. The Bertz CT molecular complexity index is 3170. The summed E-state index contributed by atoms with van der Waals surface area (Å²) in [6.45, 7) is 0. The van der Waals surface area contributed by atoms with E-state index in [1.165, 1.54) is 65.6 Å². The summed E-state index contributed by atoms with van der Waals surface area (Å²) >= 11 is 0. The van der Waals surface area contributed by atoms with Crippen molar-refractivity contribution in [2.24, 2.45) is 0 Å². The summed E-state index contributed by atoms with van der Waals surface area (Å²) in [5, 5.41) is 8.33. The minimum absolute atomic E-state index is 0.674. The van der Waals surface area contributed by atoms with Crippen LogP contribution < -0.4 is 0 Å². The number of fused-ring (bicyclic) bond motifs is 9. The van der Waals surface area contributed by atoms with Crippen molar-refractivity contribution >= 4 is 65.3 Å². The van der Waals surface area contributed by atoms with Gasteiger partial charge in [-0.2, -0.15) is 0 Å². The first-order valence-corrected chi connectivity index (χ1v) is 17.7. The second-order valence-corrected chi connectivity index (χ2v) is 13.5. The van der Waals surface area contributed by atoms with Gasteiger partial charge < -0.3 is 4.57 Å². The second-order valence-electron chi connectivity index (χ2n) is 13.5. The maximum Gasteiger partial charge on any atom is 0.235 e.